The topological polar surface area (TPSA) is 99.3 Å². The van der Waals surface area contributed by atoms with Gasteiger partial charge in [0, 0.05) is 19.6 Å². The molecule has 6 unspecified atom stereocenters. The Balaban J connectivity index is 1.61. The van der Waals surface area contributed by atoms with Gasteiger partial charge in [-0.3, -0.25) is 19.2 Å². The largest absolute Gasteiger partial charge is 0.376 e. The van der Waals surface area contributed by atoms with Gasteiger partial charge in [0.2, 0.25) is 23.6 Å². The zero-order chi connectivity index (χ0) is 23.7. The lowest BCUT2D eigenvalue weighted by Gasteiger charge is -2.39. The molecule has 0 aromatic carbocycles. The Hall–Kier alpha value is -2.16. The van der Waals surface area contributed by atoms with Crippen molar-refractivity contribution in [2.45, 2.75) is 96.0 Å². The maximum Gasteiger partial charge on any atom is 0.246 e. The highest BCUT2D eigenvalue weighted by Gasteiger charge is 2.42. The Labute approximate surface area is 196 Å². The molecule has 9 nitrogen and oxygen atoms in total. The van der Waals surface area contributed by atoms with Crippen LogP contribution < -0.4 is 5.32 Å². The molecule has 4 aliphatic heterocycles. The van der Waals surface area contributed by atoms with Gasteiger partial charge in [0.15, 0.2) is 0 Å². The van der Waals surface area contributed by atoms with Gasteiger partial charge in [0.25, 0.3) is 0 Å². The van der Waals surface area contributed by atoms with E-state index in [2.05, 4.69) is 12.2 Å². The molecule has 0 aromatic rings. The van der Waals surface area contributed by atoms with Crippen molar-refractivity contribution in [3.63, 3.8) is 0 Å². The summed E-state index contributed by atoms with van der Waals surface area (Å²) in [4.78, 5) is 58.2. The summed E-state index contributed by atoms with van der Waals surface area (Å²) < 4.78 is 6.02. The van der Waals surface area contributed by atoms with E-state index < -0.39 is 18.1 Å². The van der Waals surface area contributed by atoms with Crippen LogP contribution in [0.3, 0.4) is 0 Å². The van der Waals surface area contributed by atoms with E-state index in [0.717, 1.165) is 25.7 Å². The number of nitrogens with one attached hydrogen (secondary N) is 1. The fraction of sp³-hybridized carbons (Fsp3) is 0.833. The number of hydrogen-bond acceptors (Lipinski definition) is 5. The third kappa shape index (κ3) is 5.03. The van der Waals surface area contributed by atoms with Crippen molar-refractivity contribution < 1.29 is 23.9 Å². The fourth-order valence-corrected chi connectivity index (χ4v) is 5.88. The second-order valence-electron chi connectivity index (χ2n) is 10.4. The maximum absolute atomic E-state index is 13.5. The van der Waals surface area contributed by atoms with Crippen LogP contribution in [0.2, 0.25) is 0 Å². The molecule has 0 radical (unpaired) electrons. The van der Waals surface area contributed by atoms with E-state index in [0.29, 0.717) is 45.0 Å². The lowest BCUT2D eigenvalue weighted by Crippen LogP contribution is -2.59. The summed E-state index contributed by atoms with van der Waals surface area (Å²) in [5.74, 6) is -0.270. The zero-order valence-corrected chi connectivity index (χ0v) is 20.1. The number of nitrogens with zero attached hydrogens (tertiary/aromatic N) is 3. The molecule has 33 heavy (non-hydrogen) atoms. The monoisotopic (exact) mass is 462 g/mol. The summed E-state index contributed by atoms with van der Waals surface area (Å²) in [5, 5.41) is 2.89. The van der Waals surface area contributed by atoms with Crippen LogP contribution in [0.5, 0.6) is 0 Å². The minimum absolute atomic E-state index is 0.0652. The van der Waals surface area contributed by atoms with E-state index >= 15 is 0 Å². The number of fused-ring (bicyclic) bond motifs is 3. The lowest BCUT2D eigenvalue weighted by molar-refractivity contribution is -0.151. The van der Waals surface area contributed by atoms with Crippen molar-refractivity contribution in [1.29, 1.82) is 0 Å². The van der Waals surface area contributed by atoms with Gasteiger partial charge in [0.05, 0.1) is 25.2 Å². The quantitative estimate of drug-likeness (QED) is 0.577. The molecule has 184 valence electrons. The number of ether oxygens (including phenoxy) is 1. The Morgan fingerprint density at radius 3 is 2.36 bits per heavy atom. The number of hydrogen-bond donors (Lipinski definition) is 1. The first kappa shape index (κ1) is 24.0. The Morgan fingerprint density at radius 1 is 0.848 bits per heavy atom. The number of rotatable bonds is 0. The van der Waals surface area contributed by atoms with Gasteiger partial charge in [-0.25, -0.2) is 0 Å². The molecule has 1 N–H and O–H groups in total. The van der Waals surface area contributed by atoms with Crippen molar-refractivity contribution in [3.05, 3.63) is 0 Å². The number of carbonyl (C=O) groups is 4. The molecule has 9 heteroatoms. The van der Waals surface area contributed by atoms with Gasteiger partial charge < -0.3 is 24.8 Å². The lowest BCUT2D eigenvalue weighted by atomic mass is 9.99. The van der Waals surface area contributed by atoms with Crippen LogP contribution in [-0.2, 0) is 23.9 Å². The van der Waals surface area contributed by atoms with Crippen LogP contribution in [0.25, 0.3) is 0 Å². The summed E-state index contributed by atoms with van der Waals surface area (Å²) in [5.41, 5.74) is 0. The summed E-state index contributed by atoms with van der Waals surface area (Å²) in [7, 11) is 0. The van der Waals surface area contributed by atoms with Gasteiger partial charge in [0.1, 0.15) is 18.1 Å². The van der Waals surface area contributed by atoms with Gasteiger partial charge in [-0.1, -0.05) is 6.92 Å². The smallest absolute Gasteiger partial charge is 0.246 e. The van der Waals surface area contributed by atoms with Crippen LogP contribution in [0.4, 0.5) is 0 Å². The van der Waals surface area contributed by atoms with Crippen LogP contribution >= 0.6 is 0 Å². The van der Waals surface area contributed by atoms with Crippen LogP contribution in [0.1, 0.15) is 65.7 Å². The fourth-order valence-electron chi connectivity index (χ4n) is 5.88. The predicted octanol–water partition coefficient (Wildman–Crippen LogP) is 0.909. The van der Waals surface area contributed by atoms with Crippen molar-refractivity contribution in [2.75, 3.05) is 26.2 Å². The normalized spacial score (nSPS) is 37.0. The van der Waals surface area contributed by atoms with Crippen LogP contribution in [-0.4, -0.2) is 94.8 Å². The van der Waals surface area contributed by atoms with E-state index in [-0.39, 0.29) is 42.2 Å². The molecule has 0 aliphatic carbocycles. The first-order valence-electron chi connectivity index (χ1n) is 12.6. The number of piperidine rings is 1. The zero-order valence-electron chi connectivity index (χ0n) is 20.1. The number of amides is 4. The molecule has 0 saturated carbocycles. The van der Waals surface area contributed by atoms with Crippen molar-refractivity contribution in [2.24, 2.45) is 5.92 Å². The van der Waals surface area contributed by atoms with Crippen LogP contribution in [0, 0.1) is 5.92 Å². The molecule has 4 aliphatic rings. The van der Waals surface area contributed by atoms with Crippen LogP contribution in [0.15, 0.2) is 0 Å². The SMILES string of the molecule is CC1CC2COC(C)CC(=O)N3CCCC3C(=O)N3CCCCC3C(=O)NC(C)C(=O)N2C1. The highest BCUT2D eigenvalue weighted by Crippen LogP contribution is 2.27. The minimum Gasteiger partial charge on any atom is -0.376 e. The molecule has 0 aromatic heterocycles. The van der Waals surface area contributed by atoms with E-state index in [1.807, 2.05) is 11.8 Å². The molecule has 4 heterocycles. The summed E-state index contributed by atoms with van der Waals surface area (Å²) in [6, 6.07) is -1.84. The highest BCUT2D eigenvalue weighted by molar-refractivity contribution is 5.94. The van der Waals surface area contributed by atoms with E-state index in [9.17, 15) is 19.2 Å². The predicted molar refractivity (Wildman–Crippen MR) is 121 cm³/mol. The maximum atomic E-state index is 13.5. The molecule has 0 spiro atoms. The Kier molecular flexibility index (Phi) is 7.26. The average Bonchev–Trinajstić information content (AvgIpc) is 3.42. The third-order valence-electron chi connectivity index (χ3n) is 7.62. The molecule has 4 rings (SSSR count). The summed E-state index contributed by atoms with van der Waals surface area (Å²) in [6.45, 7) is 7.77. The molecule has 4 amide bonds. The number of carbonyl (C=O) groups excluding carboxylic acids is 4. The van der Waals surface area contributed by atoms with Crippen molar-refractivity contribution in [3.8, 4) is 0 Å². The second kappa shape index (κ2) is 9.99. The van der Waals surface area contributed by atoms with E-state index in [1.165, 1.54) is 0 Å². The highest BCUT2D eigenvalue weighted by atomic mass is 16.5. The van der Waals surface area contributed by atoms with E-state index in [4.69, 9.17) is 4.74 Å². The minimum atomic E-state index is -0.668. The molecular formula is C24H38N4O5. The molecule has 4 saturated heterocycles. The molecule has 6 atom stereocenters. The Bertz CT molecular complexity index is 789. The molecular weight excluding hydrogens is 424 g/mol. The Morgan fingerprint density at radius 2 is 1.58 bits per heavy atom. The molecule has 0 bridgehead atoms. The summed E-state index contributed by atoms with van der Waals surface area (Å²) >= 11 is 0. The molecule has 4 fully saturated rings. The van der Waals surface area contributed by atoms with E-state index in [1.54, 1.807) is 16.7 Å². The summed E-state index contributed by atoms with van der Waals surface area (Å²) in [6.07, 6.45) is 4.42. The first-order valence-corrected chi connectivity index (χ1v) is 12.6. The van der Waals surface area contributed by atoms with Crippen molar-refractivity contribution in [1.82, 2.24) is 20.0 Å². The second-order valence-corrected chi connectivity index (χ2v) is 10.4. The third-order valence-corrected chi connectivity index (χ3v) is 7.62. The van der Waals surface area contributed by atoms with Gasteiger partial charge in [-0.05, 0) is 58.3 Å². The van der Waals surface area contributed by atoms with Gasteiger partial charge in [-0.15, -0.1) is 0 Å². The average molecular weight is 463 g/mol. The standard InChI is InChI=1S/C24H38N4O5/c1-15-11-18-14-33-16(2)12-21(29)26-10-6-8-20(26)24(32)27-9-5-4-7-19(27)22(30)25-17(3)23(31)28(18)13-15/h15-20H,4-14H2,1-3H3,(H,25,30). The first-order chi connectivity index (χ1) is 15.8. The van der Waals surface area contributed by atoms with Crippen molar-refractivity contribution >= 4 is 23.6 Å². The van der Waals surface area contributed by atoms with Gasteiger partial charge in [-0.2, -0.15) is 0 Å². The van der Waals surface area contributed by atoms with Gasteiger partial charge >= 0.3 is 0 Å².